The maximum atomic E-state index is 6.19. The minimum absolute atomic E-state index is 0.198. The Bertz CT molecular complexity index is 862. The van der Waals surface area contributed by atoms with Crippen LogP contribution in [0.3, 0.4) is 0 Å². The molecule has 0 N–H and O–H groups in total. The van der Waals surface area contributed by atoms with Gasteiger partial charge in [-0.05, 0) is 79.3 Å². The lowest BCUT2D eigenvalue weighted by Crippen LogP contribution is -2.59. The van der Waals surface area contributed by atoms with Crippen LogP contribution in [0.15, 0.2) is 48.5 Å². The van der Waals surface area contributed by atoms with E-state index in [-0.39, 0.29) is 5.41 Å². The van der Waals surface area contributed by atoms with E-state index in [1.54, 1.807) is 7.11 Å². The van der Waals surface area contributed by atoms with Crippen molar-refractivity contribution in [3.05, 3.63) is 65.2 Å². The number of likely N-dealkylation sites (tertiary alicyclic amines) is 1. The van der Waals surface area contributed by atoms with Gasteiger partial charge in [-0.2, -0.15) is 0 Å². The SMILES string of the molecule is COc1ccc2c(c1)C1(CCOCc3ccccc3)CCN(CC3CC3)[C@@H](C2)[C@H]1C. The quantitative estimate of drug-likeness (QED) is 0.562. The van der Waals surface area contributed by atoms with Crippen molar-refractivity contribution in [1.82, 2.24) is 4.90 Å². The van der Waals surface area contributed by atoms with Crippen LogP contribution < -0.4 is 4.74 Å². The van der Waals surface area contributed by atoms with E-state index in [2.05, 4.69) is 60.4 Å². The summed E-state index contributed by atoms with van der Waals surface area (Å²) >= 11 is 0. The molecule has 1 unspecified atom stereocenters. The predicted molar refractivity (Wildman–Crippen MR) is 121 cm³/mol. The summed E-state index contributed by atoms with van der Waals surface area (Å²) in [5, 5.41) is 0. The van der Waals surface area contributed by atoms with Crippen molar-refractivity contribution in [3.8, 4) is 5.75 Å². The van der Waals surface area contributed by atoms with Gasteiger partial charge in [-0.15, -0.1) is 0 Å². The van der Waals surface area contributed by atoms with Crippen molar-refractivity contribution in [2.24, 2.45) is 11.8 Å². The molecule has 5 rings (SSSR count). The smallest absolute Gasteiger partial charge is 0.119 e. The van der Waals surface area contributed by atoms with Gasteiger partial charge in [-0.1, -0.05) is 43.3 Å². The second-order valence-corrected chi connectivity index (χ2v) is 9.72. The molecule has 3 aliphatic rings. The van der Waals surface area contributed by atoms with Crippen LogP contribution in [0, 0.1) is 11.8 Å². The van der Waals surface area contributed by atoms with Gasteiger partial charge in [0, 0.05) is 24.6 Å². The molecule has 3 atom stereocenters. The summed E-state index contributed by atoms with van der Waals surface area (Å²) in [7, 11) is 1.78. The Morgan fingerprint density at radius 1 is 1.10 bits per heavy atom. The zero-order valence-electron chi connectivity index (χ0n) is 18.5. The van der Waals surface area contributed by atoms with E-state index < -0.39 is 0 Å². The number of fused-ring (bicyclic) bond motifs is 4. The molecule has 0 amide bonds. The number of piperidine rings is 1. The van der Waals surface area contributed by atoms with Gasteiger partial charge in [0.15, 0.2) is 0 Å². The Labute approximate surface area is 181 Å². The third-order valence-corrected chi connectivity index (χ3v) is 8.04. The first kappa shape index (κ1) is 20.1. The van der Waals surface area contributed by atoms with Crippen molar-refractivity contribution >= 4 is 0 Å². The lowest BCUT2D eigenvalue weighted by atomic mass is 9.56. The molecule has 1 heterocycles. The Hall–Kier alpha value is -1.84. The van der Waals surface area contributed by atoms with Gasteiger partial charge in [-0.3, -0.25) is 4.90 Å². The van der Waals surface area contributed by atoms with E-state index in [4.69, 9.17) is 9.47 Å². The molecule has 1 saturated heterocycles. The van der Waals surface area contributed by atoms with Crippen LogP contribution in [0.4, 0.5) is 0 Å². The molecule has 3 nitrogen and oxygen atoms in total. The topological polar surface area (TPSA) is 21.7 Å². The van der Waals surface area contributed by atoms with Gasteiger partial charge in [0.05, 0.1) is 13.7 Å². The molecule has 0 radical (unpaired) electrons. The van der Waals surface area contributed by atoms with Crippen LogP contribution in [0.25, 0.3) is 0 Å². The van der Waals surface area contributed by atoms with Crippen LogP contribution in [-0.4, -0.2) is 37.7 Å². The van der Waals surface area contributed by atoms with E-state index in [1.807, 2.05) is 0 Å². The molecule has 2 aromatic rings. The van der Waals surface area contributed by atoms with Crippen LogP contribution in [0.5, 0.6) is 5.75 Å². The summed E-state index contributed by atoms with van der Waals surface area (Å²) in [4.78, 5) is 2.82. The Balaban J connectivity index is 1.37. The molecule has 30 heavy (non-hydrogen) atoms. The zero-order chi connectivity index (χ0) is 20.6. The van der Waals surface area contributed by atoms with Gasteiger partial charge in [0.25, 0.3) is 0 Å². The Morgan fingerprint density at radius 3 is 2.70 bits per heavy atom. The van der Waals surface area contributed by atoms with Crippen LogP contribution >= 0.6 is 0 Å². The highest BCUT2D eigenvalue weighted by Crippen LogP contribution is 2.52. The van der Waals surface area contributed by atoms with Crippen molar-refractivity contribution < 1.29 is 9.47 Å². The second kappa shape index (κ2) is 8.36. The predicted octanol–water partition coefficient (Wildman–Crippen LogP) is 5.22. The van der Waals surface area contributed by atoms with E-state index in [0.717, 1.165) is 24.7 Å². The summed E-state index contributed by atoms with van der Waals surface area (Å²) in [6, 6.07) is 18.0. The number of nitrogens with zero attached hydrogens (tertiary/aromatic N) is 1. The summed E-state index contributed by atoms with van der Waals surface area (Å²) in [6.07, 6.45) is 6.37. The third-order valence-electron chi connectivity index (χ3n) is 8.04. The van der Waals surface area contributed by atoms with Crippen LogP contribution in [0.2, 0.25) is 0 Å². The molecule has 2 aliphatic carbocycles. The average Bonchev–Trinajstić information content (AvgIpc) is 3.59. The molecule has 2 aromatic carbocycles. The van der Waals surface area contributed by atoms with E-state index in [1.165, 1.54) is 55.5 Å². The lowest BCUT2D eigenvalue weighted by Gasteiger charge is -2.56. The molecule has 1 saturated carbocycles. The highest BCUT2D eigenvalue weighted by molar-refractivity contribution is 5.45. The highest BCUT2D eigenvalue weighted by Gasteiger charge is 2.51. The fourth-order valence-corrected chi connectivity index (χ4v) is 6.02. The zero-order valence-corrected chi connectivity index (χ0v) is 18.5. The number of hydrogen-bond donors (Lipinski definition) is 0. The summed E-state index contributed by atoms with van der Waals surface area (Å²) in [5.74, 6) is 2.59. The minimum Gasteiger partial charge on any atom is -0.497 e. The first-order chi connectivity index (χ1) is 14.7. The molecular weight excluding hydrogens is 370 g/mol. The standard InChI is InChI=1S/C27H35NO2/c1-20-26-16-23-10-11-24(29-2)17-25(23)27(20,12-14-28(26)18-21-8-9-21)13-15-30-19-22-6-4-3-5-7-22/h3-7,10-11,17,20-21,26H,8-9,12-16,18-19H2,1-2H3/t20-,26+,27?/m1/s1. The number of benzene rings is 2. The molecule has 1 aliphatic heterocycles. The lowest BCUT2D eigenvalue weighted by molar-refractivity contribution is -0.00214. The summed E-state index contributed by atoms with van der Waals surface area (Å²) < 4.78 is 11.8. The molecule has 3 heteroatoms. The average molecular weight is 406 g/mol. The summed E-state index contributed by atoms with van der Waals surface area (Å²) in [5.41, 5.74) is 4.51. The molecule has 0 aromatic heterocycles. The fourth-order valence-electron chi connectivity index (χ4n) is 6.02. The highest BCUT2D eigenvalue weighted by atomic mass is 16.5. The second-order valence-electron chi connectivity index (χ2n) is 9.72. The van der Waals surface area contributed by atoms with Crippen LogP contribution in [0.1, 0.15) is 49.3 Å². The van der Waals surface area contributed by atoms with Crippen molar-refractivity contribution in [3.63, 3.8) is 0 Å². The van der Waals surface area contributed by atoms with Crippen molar-refractivity contribution in [2.45, 2.75) is 57.1 Å². The van der Waals surface area contributed by atoms with E-state index in [9.17, 15) is 0 Å². The van der Waals surface area contributed by atoms with Gasteiger partial charge in [0.2, 0.25) is 0 Å². The van der Waals surface area contributed by atoms with Crippen molar-refractivity contribution in [1.29, 1.82) is 0 Å². The van der Waals surface area contributed by atoms with Gasteiger partial charge < -0.3 is 9.47 Å². The van der Waals surface area contributed by atoms with E-state index in [0.29, 0.717) is 18.6 Å². The molecular formula is C27H35NO2. The molecule has 2 fully saturated rings. The monoisotopic (exact) mass is 405 g/mol. The fraction of sp³-hybridized carbons (Fsp3) is 0.556. The number of rotatable bonds is 8. The normalized spacial score (nSPS) is 28.2. The number of methoxy groups -OCH3 is 1. The Kier molecular flexibility index (Phi) is 5.59. The van der Waals surface area contributed by atoms with Crippen LogP contribution in [-0.2, 0) is 23.2 Å². The number of hydrogen-bond acceptors (Lipinski definition) is 3. The first-order valence-electron chi connectivity index (χ1n) is 11.7. The summed E-state index contributed by atoms with van der Waals surface area (Å²) in [6.45, 7) is 6.55. The van der Waals surface area contributed by atoms with Gasteiger partial charge in [-0.25, -0.2) is 0 Å². The molecule has 2 bridgehead atoms. The molecule has 160 valence electrons. The minimum atomic E-state index is 0.198. The van der Waals surface area contributed by atoms with Gasteiger partial charge in [0.1, 0.15) is 5.75 Å². The van der Waals surface area contributed by atoms with Crippen molar-refractivity contribution in [2.75, 3.05) is 26.8 Å². The maximum absolute atomic E-state index is 6.19. The Morgan fingerprint density at radius 2 is 1.93 bits per heavy atom. The largest absolute Gasteiger partial charge is 0.497 e. The first-order valence-corrected chi connectivity index (χ1v) is 11.7. The maximum Gasteiger partial charge on any atom is 0.119 e. The van der Waals surface area contributed by atoms with Gasteiger partial charge >= 0.3 is 0 Å². The third kappa shape index (κ3) is 3.78. The molecule has 0 spiro atoms. The number of ether oxygens (including phenoxy) is 2. The van der Waals surface area contributed by atoms with E-state index >= 15 is 0 Å².